The van der Waals surface area contributed by atoms with E-state index < -0.39 is 0 Å². The van der Waals surface area contributed by atoms with Crippen molar-refractivity contribution in [2.75, 3.05) is 14.2 Å². The monoisotopic (exact) mass is 518 g/mol. The molecule has 0 radical (unpaired) electrons. The summed E-state index contributed by atoms with van der Waals surface area (Å²) in [6.45, 7) is 0. The van der Waals surface area contributed by atoms with E-state index in [-0.39, 0.29) is 0 Å². The van der Waals surface area contributed by atoms with Gasteiger partial charge in [0.25, 0.3) is 0 Å². The predicted molar refractivity (Wildman–Crippen MR) is 171 cm³/mol. The SMILES string of the molecule is COc1ccccc1/C=C\c1ccc2ccccc2c1-c1c(/C=C\c2ccccc2OC)ccc2ccccc12. The summed E-state index contributed by atoms with van der Waals surface area (Å²) in [5.74, 6) is 1.71. The van der Waals surface area contributed by atoms with Gasteiger partial charge in [-0.15, -0.1) is 0 Å². The topological polar surface area (TPSA) is 18.5 Å². The van der Waals surface area contributed by atoms with E-state index in [4.69, 9.17) is 9.47 Å². The summed E-state index contributed by atoms with van der Waals surface area (Å²) < 4.78 is 11.2. The van der Waals surface area contributed by atoms with Crippen LogP contribution in [0.1, 0.15) is 22.3 Å². The minimum absolute atomic E-state index is 0.853. The molecule has 0 aliphatic carbocycles. The summed E-state index contributed by atoms with van der Waals surface area (Å²) in [4.78, 5) is 0. The van der Waals surface area contributed by atoms with Gasteiger partial charge in [-0.1, -0.05) is 133 Å². The molecule has 0 N–H and O–H groups in total. The van der Waals surface area contributed by atoms with E-state index in [9.17, 15) is 0 Å². The average Bonchev–Trinajstić information content (AvgIpc) is 3.02. The second kappa shape index (κ2) is 11.3. The molecule has 194 valence electrons. The van der Waals surface area contributed by atoms with Gasteiger partial charge in [0.15, 0.2) is 0 Å². The van der Waals surface area contributed by atoms with Gasteiger partial charge in [0.2, 0.25) is 0 Å². The lowest BCUT2D eigenvalue weighted by atomic mass is 9.86. The molecule has 6 rings (SSSR count). The van der Waals surface area contributed by atoms with Crippen LogP contribution in [0.15, 0.2) is 121 Å². The van der Waals surface area contributed by atoms with Gasteiger partial charge in [0.1, 0.15) is 11.5 Å². The van der Waals surface area contributed by atoms with E-state index in [0.717, 1.165) is 33.8 Å². The highest BCUT2D eigenvalue weighted by Gasteiger charge is 2.15. The van der Waals surface area contributed by atoms with Gasteiger partial charge in [-0.3, -0.25) is 0 Å². The van der Waals surface area contributed by atoms with Gasteiger partial charge >= 0.3 is 0 Å². The first-order valence-electron chi connectivity index (χ1n) is 13.4. The van der Waals surface area contributed by atoms with E-state index in [2.05, 4.69) is 109 Å². The standard InChI is InChI=1S/C38H30O2/c1-39-35-17-9-5-13-29(35)21-25-31-23-19-27-11-3-7-15-33(27)37(31)38-32(24-20-28-12-4-8-16-34(28)38)26-22-30-14-6-10-18-36(30)40-2/h3-26H,1-2H3/b25-21-,26-22-. The van der Waals surface area contributed by atoms with E-state index in [0.29, 0.717) is 0 Å². The van der Waals surface area contributed by atoms with Crippen LogP contribution in [0.3, 0.4) is 0 Å². The van der Waals surface area contributed by atoms with Crippen molar-refractivity contribution in [1.29, 1.82) is 0 Å². The first-order valence-corrected chi connectivity index (χ1v) is 13.4. The summed E-state index contributed by atoms with van der Waals surface area (Å²) >= 11 is 0. The van der Waals surface area contributed by atoms with E-state index in [1.165, 1.54) is 32.7 Å². The Morgan fingerprint density at radius 2 is 0.750 bits per heavy atom. The Hall–Kier alpha value is -5.08. The Morgan fingerprint density at radius 3 is 1.20 bits per heavy atom. The maximum Gasteiger partial charge on any atom is 0.126 e. The molecule has 40 heavy (non-hydrogen) atoms. The zero-order valence-corrected chi connectivity index (χ0v) is 22.7. The molecule has 0 bridgehead atoms. The molecule has 0 saturated carbocycles. The maximum absolute atomic E-state index is 5.62. The molecular formula is C38H30O2. The van der Waals surface area contributed by atoms with E-state index in [1.807, 2.05) is 36.4 Å². The molecule has 6 aromatic carbocycles. The van der Waals surface area contributed by atoms with Crippen LogP contribution in [0, 0.1) is 0 Å². The average molecular weight is 519 g/mol. The third-order valence-corrected chi connectivity index (χ3v) is 7.34. The fraction of sp³-hybridized carbons (Fsp3) is 0.0526. The summed E-state index contributed by atoms with van der Waals surface area (Å²) in [6, 6.07) is 42.3. The Bertz CT molecular complexity index is 1740. The zero-order chi connectivity index (χ0) is 27.3. The van der Waals surface area contributed by atoms with Gasteiger partial charge in [-0.25, -0.2) is 0 Å². The molecule has 2 nitrogen and oxygen atoms in total. The van der Waals surface area contributed by atoms with Gasteiger partial charge in [-0.2, -0.15) is 0 Å². The number of hydrogen-bond donors (Lipinski definition) is 0. The number of ether oxygens (including phenoxy) is 2. The molecule has 0 unspecified atom stereocenters. The Kier molecular flexibility index (Phi) is 7.15. The lowest BCUT2D eigenvalue weighted by Crippen LogP contribution is -1.92. The van der Waals surface area contributed by atoms with Crippen molar-refractivity contribution in [2.24, 2.45) is 0 Å². The van der Waals surface area contributed by atoms with Crippen molar-refractivity contribution in [3.63, 3.8) is 0 Å². The van der Waals surface area contributed by atoms with Crippen molar-refractivity contribution in [2.45, 2.75) is 0 Å². The fourth-order valence-corrected chi connectivity index (χ4v) is 5.38. The lowest BCUT2D eigenvalue weighted by Gasteiger charge is -2.17. The quantitative estimate of drug-likeness (QED) is 0.196. The Labute approximate surface area is 235 Å². The minimum atomic E-state index is 0.853. The third-order valence-electron chi connectivity index (χ3n) is 7.34. The summed E-state index contributed by atoms with van der Waals surface area (Å²) in [5, 5.41) is 4.85. The number of fused-ring (bicyclic) bond motifs is 2. The van der Waals surface area contributed by atoms with Crippen LogP contribution in [-0.4, -0.2) is 14.2 Å². The number of benzene rings is 6. The first kappa shape index (κ1) is 25.2. The molecule has 0 amide bonds. The molecule has 0 fully saturated rings. The molecule has 0 saturated heterocycles. The normalized spacial score (nSPS) is 11.6. The summed E-state index contributed by atoms with van der Waals surface area (Å²) in [6.07, 6.45) is 8.69. The van der Waals surface area contributed by atoms with Crippen molar-refractivity contribution in [3.8, 4) is 22.6 Å². The van der Waals surface area contributed by atoms with Crippen molar-refractivity contribution < 1.29 is 9.47 Å². The number of para-hydroxylation sites is 2. The predicted octanol–water partition coefficient (Wildman–Crippen LogP) is 10.0. The van der Waals surface area contributed by atoms with Crippen molar-refractivity contribution >= 4 is 45.8 Å². The molecule has 0 atom stereocenters. The number of methoxy groups -OCH3 is 2. The number of rotatable bonds is 7. The van der Waals surface area contributed by atoms with Gasteiger partial charge < -0.3 is 9.47 Å². The molecular weight excluding hydrogens is 488 g/mol. The third kappa shape index (κ3) is 4.88. The highest BCUT2D eigenvalue weighted by atomic mass is 16.5. The molecule has 6 aromatic rings. The van der Waals surface area contributed by atoms with Gasteiger partial charge in [-0.05, 0) is 55.9 Å². The van der Waals surface area contributed by atoms with Crippen LogP contribution in [0.5, 0.6) is 11.5 Å². The maximum atomic E-state index is 5.62. The van der Waals surface area contributed by atoms with Crippen LogP contribution in [-0.2, 0) is 0 Å². The second-order valence-electron chi connectivity index (χ2n) is 9.65. The molecule has 0 aromatic heterocycles. The van der Waals surface area contributed by atoms with Crippen LogP contribution in [0.4, 0.5) is 0 Å². The molecule has 0 aliphatic heterocycles. The van der Waals surface area contributed by atoms with Gasteiger partial charge in [0.05, 0.1) is 14.2 Å². The van der Waals surface area contributed by atoms with Crippen LogP contribution >= 0.6 is 0 Å². The smallest absolute Gasteiger partial charge is 0.126 e. The molecule has 2 heteroatoms. The van der Waals surface area contributed by atoms with Crippen LogP contribution < -0.4 is 9.47 Å². The van der Waals surface area contributed by atoms with E-state index in [1.54, 1.807) is 14.2 Å². The van der Waals surface area contributed by atoms with Crippen molar-refractivity contribution in [1.82, 2.24) is 0 Å². The van der Waals surface area contributed by atoms with E-state index >= 15 is 0 Å². The molecule has 0 aliphatic rings. The minimum Gasteiger partial charge on any atom is -0.496 e. The van der Waals surface area contributed by atoms with Gasteiger partial charge in [0, 0.05) is 11.1 Å². The summed E-state index contributed by atoms with van der Waals surface area (Å²) in [7, 11) is 3.43. The van der Waals surface area contributed by atoms with Crippen LogP contribution in [0.2, 0.25) is 0 Å². The Balaban J connectivity index is 1.62. The number of hydrogen-bond acceptors (Lipinski definition) is 2. The lowest BCUT2D eigenvalue weighted by molar-refractivity contribution is 0.414. The Morgan fingerprint density at radius 1 is 0.375 bits per heavy atom. The highest BCUT2D eigenvalue weighted by Crippen LogP contribution is 2.41. The molecule has 0 spiro atoms. The largest absolute Gasteiger partial charge is 0.496 e. The first-order chi connectivity index (χ1) is 19.8. The van der Waals surface area contributed by atoms with Crippen molar-refractivity contribution in [3.05, 3.63) is 144 Å². The highest BCUT2D eigenvalue weighted by molar-refractivity contribution is 6.11. The second-order valence-corrected chi connectivity index (χ2v) is 9.65. The fourth-order valence-electron chi connectivity index (χ4n) is 5.38. The van der Waals surface area contributed by atoms with Crippen LogP contribution in [0.25, 0.3) is 57.0 Å². The zero-order valence-electron chi connectivity index (χ0n) is 22.7. The summed E-state index contributed by atoms with van der Waals surface area (Å²) in [5.41, 5.74) is 6.79. The molecule has 0 heterocycles.